The minimum absolute atomic E-state index is 0.511. The highest BCUT2D eigenvalue weighted by Crippen LogP contribution is 2.62. The first-order valence-electron chi connectivity index (χ1n) is 42.9. The summed E-state index contributed by atoms with van der Waals surface area (Å²) >= 11 is 0. The molecule has 12 aliphatic heterocycles. The third-order valence-electron chi connectivity index (χ3n) is 30.8. The van der Waals surface area contributed by atoms with E-state index in [0.29, 0.717) is 32.5 Å². The summed E-state index contributed by atoms with van der Waals surface area (Å²) in [5, 5.41) is 14.1. The SMILES string of the molecule is CC1CCN(c2ccc(C34CNCC3C4)cc2)C1.CCN1CC2CC2(c2ccc(N3CCC3)cc2)C1.CN1CC2CC2(c2ccc(N3CCCC3)cc2)C1.c1cc(C23CNCC2C3)ccc1N1CCCC1.c1cc([C@@]23CNC[C@@H]2C3)ccc1N1CCCC1.c1cc([C@]23CNC[C@H]2C3)ccc1N1CCCC1. The lowest BCUT2D eigenvalue weighted by molar-refractivity contribution is 0.314. The van der Waals surface area contributed by atoms with Crippen LogP contribution in [0.4, 0.5) is 34.1 Å². The van der Waals surface area contributed by atoms with E-state index in [-0.39, 0.29) is 0 Å². The molecule has 12 heteroatoms. The van der Waals surface area contributed by atoms with Crippen LogP contribution in [-0.2, 0) is 32.5 Å². The van der Waals surface area contributed by atoms with Crippen LogP contribution in [0.1, 0.15) is 150 Å². The number of anilines is 6. The van der Waals surface area contributed by atoms with Gasteiger partial charge in [-0.3, -0.25) is 0 Å². The molecule has 6 aromatic rings. The quantitative estimate of drug-likeness (QED) is 0.0890. The van der Waals surface area contributed by atoms with E-state index < -0.39 is 0 Å². The van der Waals surface area contributed by atoms with Crippen molar-refractivity contribution in [2.24, 2.45) is 41.4 Å². The first kappa shape index (κ1) is 69.3. The molecule has 6 aliphatic carbocycles. The number of benzene rings is 6. The molecule has 558 valence electrons. The van der Waals surface area contributed by atoms with Crippen LogP contribution in [0.25, 0.3) is 0 Å². The summed E-state index contributed by atoms with van der Waals surface area (Å²) in [6.07, 6.45) is 22.0. The van der Waals surface area contributed by atoms with E-state index >= 15 is 0 Å². The van der Waals surface area contributed by atoms with Crippen LogP contribution in [0, 0.1) is 41.4 Å². The Morgan fingerprint density at radius 2 is 0.562 bits per heavy atom. The first-order valence-corrected chi connectivity index (χ1v) is 42.9. The van der Waals surface area contributed by atoms with Gasteiger partial charge >= 0.3 is 0 Å². The second-order valence-corrected chi connectivity index (χ2v) is 37.1. The van der Waals surface area contributed by atoms with Gasteiger partial charge in [0.15, 0.2) is 0 Å². The highest BCUT2D eigenvalue weighted by Gasteiger charge is 2.63. The van der Waals surface area contributed by atoms with Gasteiger partial charge in [0.05, 0.1) is 0 Å². The summed E-state index contributed by atoms with van der Waals surface area (Å²) in [7, 11) is 2.26. The molecule has 9 unspecified atom stereocenters. The molecule has 0 radical (unpaired) electrons. The third kappa shape index (κ3) is 13.4. The average Bonchev–Trinajstić information content (AvgIpc) is 1.55. The summed E-state index contributed by atoms with van der Waals surface area (Å²) in [6.45, 7) is 35.6. The zero-order valence-corrected chi connectivity index (χ0v) is 64.5. The normalized spacial score (nSPS) is 35.4. The van der Waals surface area contributed by atoms with Crippen LogP contribution in [0.2, 0.25) is 0 Å². The summed E-state index contributed by atoms with van der Waals surface area (Å²) in [4.78, 5) is 20.2. The Morgan fingerprint density at radius 3 is 0.781 bits per heavy atom. The molecule has 24 rings (SSSR count). The van der Waals surface area contributed by atoms with Crippen molar-refractivity contribution in [1.82, 2.24) is 31.1 Å². The van der Waals surface area contributed by atoms with E-state index in [1.807, 2.05) is 0 Å². The summed E-state index contributed by atoms with van der Waals surface area (Å²) < 4.78 is 0. The van der Waals surface area contributed by atoms with E-state index in [1.165, 1.54) is 300 Å². The molecule has 18 fully saturated rings. The Balaban J connectivity index is 0.0000000865. The fourth-order valence-electron chi connectivity index (χ4n) is 23.3. The largest absolute Gasteiger partial charge is 0.372 e. The van der Waals surface area contributed by atoms with E-state index in [0.717, 1.165) is 41.4 Å². The fraction of sp³-hybridized carbons (Fsp3) is 0.613. The first-order chi connectivity index (χ1) is 51.5. The number of likely N-dealkylation sites (N-methyl/N-ethyl adjacent to an activating group) is 2. The van der Waals surface area contributed by atoms with Crippen molar-refractivity contribution in [3.8, 4) is 0 Å². The molecule has 12 saturated heterocycles. The van der Waals surface area contributed by atoms with Crippen molar-refractivity contribution in [2.75, 3.05) is 200 Å². The zero-order valence-electron chi connectivity index (χ0n) is 64.5. The number of fused-ring (bicyclic) bond motifs is 6. The number of likely N-dealkylation sites (tertiary alicyclic amines) is 2. The van der Waals surface area contributed by atoms with Gasteiger partial charge in [-0.25, -0.2) is 0 Å². The zero-order chi connectivity index (χ0) is 70.4. The van der Waals surface area contributed by atoms with Gasteiger partial charge in [0.1, 0.15) is 0 Å². The number of hydrogen-bond donors (Lipinski definition) is 4. The second-order valence-electron chi connectivity index (χ2n) is 37.1. The molecule has 0 aromatic heterocycles. The average molecular weight is 1410 g/mol. The maximum absolute atomic E-state index is 3.53. The van der Waals surface area contributed by atoms with E-state index in [4.69, 9.17) is 0 Å². The molecule has 0 spiro atoms. The molecule has 12 nitrogen and oxygen atoms in total. The second kappa shape index (κ2) is 28.4. The van der Waals surface area contributed by atoms with Gasteiger partial charge in [-0.05, 0) is 290 Å². The molecule has 13 atom stereocenters. The van der Waals surface area contributed by atoms with Gasteiger partial charge in [-0.15, -0.1) is 0 Å². The topological polar surface area (TPSA) is 74.0 Å². The Kier molecular flexibility index (Phi) is 18.8. The lowest BCUT2D eigenvalue weighted by atomic mass is 9.94. The smallest absolute Gasteiger partial charge is 0.0366 e. The van der Waals surface area contributed by atoms with Crippen molar-refractivity contribution in [3.63, 3.8) is 0 Å². The van der Waals surface area contributed by atoms with Crippen LogP contribution in [0.3, 0.4) is 0 Å². The van der Waals surface area contributed by atoms with Crippen LogP contribution >= 0.6 is 0 Å². The molecular formula is C93H126N12. The minimum Gasteiger partial charge on any atom is -0.372 e. The summed E-state index contributed by atoms with van der Waals surface area (Å²) in [6, 6.07) is 56.7. The van der Waals surface area contributed by atoms with Crippen LogP contribution in [-0.4, -0.2) is 180 Å². The van der Waals surface area contributed by atoms with Crippen molar-refractivity contribution < 1.29 is 0 Å². The number of hydrogen-bond acceptors (Lipinski definition) is 12. The van der Waals surface area contributed by atoms with Gasteiger partial charge in [0.2, 0.25) is 0 Å². The number of rotatable bonds is 13. The van der Waals surface area contributed by atoms with Crippen molar-refractivity contribution in [1.29, 1.82) is 0 Å². The Morgan fingerprint density at radius 1 is 0.295 bits per heavy atom. The standard InChI is InChI=1S/3C16H22N2.3C15H20N2/c1-12-6-7-18(10-12)15-4-2-13(3-5-15)16-8-14(16)9-17-11-16;1-17-11-14-10-16(14,12-17)13-4-6-15(7-5-13)18-8-2-3-9-18;1-2-17-11-14-10-16(14,12-17)13-4-6-15(7-5-13)18-8-3-9-18;3*1-2-8-17(7-1)14-5-3-12(4-6-14)15-9-13(15)10-16-11-15/h2-5,12,14,17H,6-11H2,1H3;2*4-7,14H,2-3,8-12H2,1H3;3*3-6,13,16H,1-2,7-11H2/t;;;2*13-,15+;/m...10./s1. The predicted octanol–water partition coefficient (Wildman–Crippen LogP) is 13.8. The summed E-state index contributed by atoms with van der Waals surface area (Å²) in [5.41, 5.74) is 21.1. The lowest BCUT2D eigenvalue weighted by Crippen LogP contribution is -2.36. The predicted molar refractivity (Wildman–Crippen MR) is 437 cm³/mol. The molecule has 6 aromatic carbocycles. The highest BCUT2D eigenvalue weighted by molar-refractivity contribution is 5.57. The molecule has 105 heavy (non-hydrogen) atoms. The fourth-order valence-corrected chi connectivity index (χ4v) is 23.3. The number of nitrogens with zero attached hydrogens (tertiary/aromatic N) is 8. The molecule has 4 N–H and O–H groups in total. The maximum Gasteiger partial charge on any atom is 0.0366 e. The van der Waals surface area contributed by atoms with Gasteiger partial charge < -0.3 is 60.5 Å². The molecule has 0 bridgehead atoms. The van der Waals surface area contributed by atoms with Gasteiger partial charge in [-0.1, -0.05) is 86.6 Å². The monoisotopic (exact) mass is 1410 g/mol. The van der Waals surface area contributed by atoms with Crippen LogP contribution in [0.15, 0.2) is 146 Å². The highest BCUT2D eigenvalue weighted by atomic mass is 15.2. The van der Waals surface area contributed by atoms with Crippen LogP contribution < -0.4 is 50.7 Å². The molecule has 6 saturated carbocycles. The minimum atomic E-state index is 0.511. The van der Waals surface area contributed by atoms with E-state index in [2.05, 4.69) is 227 Å². The Bertz CT molecular complexity index is 3730. The van der Waals surface area contributed by atoms with E-state index in [9.17, 15) is 0 Å². The number of nitrogens with one attached hydrogen (secondary N) is 4. The molecule has 12 heterocycles. The van der Waals surface area contributed by atoms with Crippen molar-refractivity contribution in [2.45, 2.75) is 149 Å². The van der Waals surface area contributed by atoms with Gasteiger partial charge in [0.25, 0.3) is 0 Å². The maximum atomic E-state index is 3.53. The molecule has 0 amide bonds. The van der Waals surface area contributed by atoms with Crippen molar-refractivity contribution >= 4 is 34.1 Å². The number of piperidine rings is 6. The molecular weight excluding hydrogens is 1290 g/mol. The van der Waals surface area contributed by atoms with Crippen LogP contribution in [0.5, 0.6) is 0 Å². The van der Waals surface area contributed by atoms with E-state index in [1.54, 1.807) is 33.4 Å². The van der Waals surface area contributed by atoms with Crippen molar-refractivity contribution in [3.05, 3.63) is 179 Å². The summed E-state index contributed by atoms with van der Waals surface area (Å²) in [5.74, 6) is 6.39. The molecule has 18 aliphatic rings. The third-order valence-corrected chi connectivity index (χ3v) is 30.8. The van der Waals surface area contributed by atoms with Gasteiger partial charge in [-0.2, -0.15) is 0 Å². The Hall–Kier alpha value is -6.12. The Labute approximate surface area is 631 Å². The van der Waals surface area contributed by atoms with Gasteiger partial charge in [0, 0.05) is 198 Å². The lowest BCUT2D eigenvalue weighted by Gasteiger charge is -2.33.